The Morgan fingerprint density at radius 1 is 1.55 bits per heavy atom. The van der Waals surface area contributed by atoms with Gasteiger partial charge in [0, 0.05) is 13.3 Å². The number of hydrogen-bond donors (Lipinski definition) is 4. The van der Waals surface area contributed by atoms with Crippen LogP contribution >= 0.6 is 0 Å². The van der Waals surface area contributed by atoms with E-state index >= 15 is 0 Å². The second kappa shape index (κ2) is 6.87. The number of nitrogens with two attached hydrogens (primary N) is 1. The minimum absolute atomic E-state index is 0.0328. The van der Waals surface area contributed by atoms with E-state index < -0.39 is 42.4 Å². The molecular formula is C13H17N3O6. The van der Waals surface area contributed by atoms with Crippen LogP contribution in [-0.2, 0) is 9.47 Å². The lowest BCUT2D eigenvalue weighted by molar-refractivity contribution is -0.0625. The van der Waals surface area contributed by atoms with Crippen LogP contribution in [0, 0.1) is 11.8 Å². The zero-order valence-electron chi connectivity index (χ0n) is 11.9. The Morgan fingerprint density at radius 2 is 2.27 bits per heavy atom. The summed E-state index contributed by atoms with van der Waals surface area (Å²) >= 11 is 0. The normalized spacial score (nSPS) is 27.5. The van der Waals surface area contributed by atoms with Gasteiger partial charge >= 0.3 is 5.69 Å². The highest BCUT2D eigenvalue weighted by Crippen LogP contribution is 2.30. The van der Waals surface area contributed by atoms with Crippen LogP contribution < -0.4 is 17.0 Å². The van der Waals surface area contributed by atoms with Gasteiger partial charge in [-0.1, -0.05) is 11.8 Å². The number of ether oxygens (including phenoxy) is 2. The first-order valence-corrected chi connectivity index (χ1v) is 6.55. The minimum Gasteiger partial charge on any atom is -0.394 e. The van der Waals surface area contributed by atoms with Crippen molar-refractivity contribution in [3.8, 4) is 11.8 Å². The molecule has 2 heterocycles. The molecular weight excluding hydrogens is 294 g/mol. The molecule has 2 rings (SSSR count). The van der Waals surface area contributed by atoms with E-state index in [2.05, 4.69) is 16.8 Å². The summed E-state index contributed by atoms with van der Waals surface area (Å²) in [4.78, 5) is 25.8. The molecule has 9 heteroatoms. The van der Waals surface area contributed by atoms with Gasteiger partial charge in [-0.05, 0) is 0 Å². The molecule has 0 amide bonds. The highest BCUT2D eigenvalue weighted by atomic mass is 16.6. The molecule has 1 fully saturated rings. The summed E-state index contributed by atoms with van der Waals surface area (Å²) in [7, 11) is 1.34. The van der Waals surface area contributed by atoms with Crippen molar-refractivity contribution in [3.63, 3.8) is 0 Å². The number of aromatic amines is 1. The molecule has 5 N–H and O–H groups in total. The van der Waals surface area contributed by atoms with Crippen LogP contribution in [0.25, 0.3) is 0 Å². The van der Waals surface area contributed by atoms with Gasteiger partial charge in [0.05, 0.1) is 13.2 Å². The fourth-order valence-electron chi connectivity index (χ4n) is 2.26. The molecule has 22 heavy (non-hydrogen) atoms. The maximum atomic E-state index is 12.0. The summed E-state index contributed by atoms with van der Waals surface area (Å²) < 4.78 is 11.6. The smallest absolute Gasteiger partial charge is 0.330 e. The van der Waals surface area contributed by atoms with E-state index in [1.54, 1.807) is 0 Å². The number of nitrogens with one attached hydrogen (secondary N) is 1. The Labute approximate surface area is 125 Å². The second-order valence-electron chi connectivity index (χ2n) is 4.65. The van der Waals surface area contributed by atoms with Crippen molar-refractivity contribution in [2.45, 2.75) is 24.5 Å². The molecule has 1 aliphatic heterocycles. The standard InChI is InChI=1S/C13H17N3O6/c1-21-10-9(18)8(6-17)22-12(10)16-5-7(3-2-4-14)11(19)15-13(16)20/h5,8-10,12,17-18H,4,6,14H2,1H3,(H,15,19,20)/t8-,9-,10-,12-/m1/s1. The van der Waals surface area contributed by atoms with Gasteiger partial charge in [-0.3, -0.25) is 14.3 Å². The van der Waals surface area contributed by atoms with Crippen LogP contribution in [0.4, 0.5) is 0 Å². The van der Waals surface area contributed by atoms with E-state index in [1.807, 2.05) is 0 Å². The summed E-state index contributed by atoms with van der Waals surface area (Å²) in [6.45, 7) is -0.375. The zero-order valence-corrected chi connectivity index (χ0v) is 11.9. The lowest BCUT2D eigenvalue weighted by atomic mass is 10.1. The van der Waals surface area contributed by atoms with Crippen molar-refractivity contribution < 1.29 is 19.7 Å². The molecule has 0 aliphatic carbocycles. The molecule has 0 saturated carbocycles. The average molecular weight is 311 g/mol. The fraction of sp³-hybridized carbons (Fsp3) is 0.538. The van der Waals surface area contributed by atoms with Crippen molar-refractivity contribution in [1.82, 2.24) is 9.55 Å². The zero-order chi connectivity index (χ0) is 16.3. The van der Waals surface area contributed by atoms with E-state index in [9.17, 15) is 19.8 Å². The van der Waals surface area contributed by atoms with Gasteiger partial charge < -0.3 is 25.4 Å². The van der Waals surface area contributed by atoms with E-state index in [4.69, 9.17) is 15.2 Å². The number of aromatic nitrogens is 2. The van der Waals surface area contributed by atoms with Gasteiger partial charge in [0.15, 0.2) is 6.23 Å². The summed E-state index contributed by atoms with van der Waals surface area (Å²) in [5.74, 6) is 5.06. The van der Waals surface area contributed by atoms with Crippen molar-refractivity contribution in [2.24, 2.45) is 5.73 Å². The molecule has 1 saturated heterocycles. The highest BCUT2D eigenvalue weighted by molar-refractivity contribution is 5.30. The lowest BCUT2D eigenvalue weighted by Crippen LogP contribution is -2.39. The Hall–Kier alpha value is -1.96. The summed E-state index contributed by atoms with van der Waals surface area (Å²) in [5, 5.41) is 19.2. The van der Waals surface area contributed by atoms with Crippen LogP contribution in [0.1, 0.15) is 11.8 Å². The molecule has 0 spiro atoms. The predicted octanol–water partition coefficient (Wildman–Crippen LogP) is -2.89. The molecule has 0 radical (unpaired) electrons. The maximum absolute atomic E-state index is 12.0. The summed E-state index contributed by atoms with van der Waals surface area (Å²) in [5.41, 5.74) is 3.91. The number of rotatable bonds is 3. The average Bonchev–Trinajstić information content (AvgIpc) is 2.82. The Bertz CT molecular complexity index is 700. The lowest BCUT2D eigenvalue weighted by Gasteiger charge is -2.20. The first-order valence-electron chi connectivity index (χ1n) is 6.55. The number of H-pyrrole nitrogens is 1. The first-order chi connectivity index (χ1) is 10.5. The summed E-state index contributed by atoms with van der Waals surface area (Å²) in [6.07, 6.45) is -2.67. The molecule has 0 bridgehead atoms. The fourth-order valence-corrected chi connectivity index (χ4v) is 2.26. The SMILES string of the molecule is CO[C@@H]1[C@H](O)[C@@H](CO)O[C@H]1n1cc(C#CCN)c(=O)[nH]c1=O. The quantitative estimate of drug-likeness (QED) is 0.439. The molecule has 0 aromatic carbocycles. The highest BCUT2D eigenvalue weighted by Gasteiger charge is 2.45. The molecule has 120 valence electrons. The number of hydrogen-bond acceptors (Lipinski definition) is 7. The van der Waals surface area contributed by atoms with Crippen LogP contribution in [0.15, 0.2) is 15.8 Å². The minimum atomic E-state index is -1.11. The van der Waals surface area contributed by atoms with Gasteiger partial charge in [0.1, 0.15) is 23.9 Å². The van der Waals surface area contributed by atoms with Crippen LogP contribution in [0.2, 0.25) is 0 Å². The Balaban J connectivity index is 2.47. The first kappa shape index (κ1) is 16.4. The predicted molar refractivity (Wildman–Crippen MR) is 75.1 cm³/mol. The van der Waals surface area contributed by atoms with E-state index in [0.717, 1.165) is 4.57 Å². The molecule has 0 unspecified atom stereocenters. The van der Waals surface area contributed by atoms with Crippen molar-refractivity contribution in [3.05, 3.63) is 32.6 Å². The number of aliphatic hydroxyl groups excluding tert-OH is 2. The Kier molecular flexibility index (Phi) is 5.12. The monoisotopic (exact) mass is 311 g/mol. The van der Waals surface area contributed by atoms with E-state index in [1.165, 1.54) is 13.3 Å². The molecule has 4 atom stereocenters. The number of aliphatic hydroxyl groups is 2. The third kappa shape index (κ3) is 2.96. The second-order valence-corrected chi connectivity index (χ2v) is 4.65. The van der Waals surface area contributed by atoms with Crippen molar-refractivity contribution in [1.29, 1.82) is 0 Å². The largest absolute Gasteiger partial charge is 0.394 e. The van der Waals surface area contributed by atoms with Gasteiger partial charge in [-0.25, -0.2) is 4.79 Å². The number of methoxy groups -OCH3 is 1. The van der Waals surface area contributed by atoms with Gasteiger partial charge in [0.2, 0.25) is 0 Å². The Morgan fingerprint density at radius 3 is 2.86 bits per heavy atom. The third-order valence-corrected chi connectivity index (χ3v) is 3.33. The molecule has 9 nitrogen and oxygen atoms in total. The summed E-state index contributed by atoms with van der Waals surface area (Å²) in [6, 6.07) is 0. The topological polar surface area (TPSA) is 140 Å². The van der Waals surface area contributed by atoms with Crippen molar-refractivity contribution >= 4 is 0 Å². The molecule has 1 aliphatic rings. The van der Waals surface area contributed by atoms with Gasteiger partial charge in [-0.2, -0.15) is 0 Å². The van der Waals surface area contributed by atoms with E-state index in [0.29, 0.717) is 0 Å². The van der Waals surface area contributed by atoms with Crippen LogP contribution in [-0.4, -0.2) is 58.3 Å². The van der Waals surface area contributed by atoms with Crippen molar-refractivity contribution in [2.75, 3.05) is 20.3 Å². The van der Waals surface area contributed by atoms with Gasteiger partial charge in [-0.15, -0.1) is 0 Å². The van der Waals surface area contributed by atoms with Gasteiger partial charge in [0.25, 0.3) is 5.56 Å². The number of nitrogens with zero attached hydrogens (tertiary/aromatic N) is 1. The van der Waals surface area contributed by atoms with Crippen LogP contribution in [0.3, 0.4) is 0 Å². The van der Waals surface area contributed by atoms with E-state index in [-0.39, 0.29) is 12.1 Å². The van der Waals surface area contributed by atoms with Crippen LogP contribution in [0.5, 0.6) is 0 Å². The third-order valence-electron chi connectivity index (χ3n) is 3.33. The molecule has 1 aromatic heterocycles. The maximum Gasteiger partial charge on any atom is 0.330 e. The molecule has 1 aromatic rings.